The number of hydrogen-bond acceptors (Lipinski definition) is 9. The van der Waals surface area contributed by atoms with E-state index in [1.807, 2.05) is 35.2 Å². The highest BCUT2D eigenvalue weighted by Crippen LogP contribution is 2.30. The van der Waals surface area contributed by atoms with Crippen LogP contribution in [-0.4, -0.2) is 93.9 Å². The van der Waals surface area contributed by atoms with Crippen LogP contribution in [0.25, 0.3) is 21.9 Å². The molecule has 0 radical (unpaired) electrons. The van der Waals surface area contributed by atoms with Crippen LogP contribution in [0, 0.1) is 26.6 Å². The first-order valence-electron chi connectivity index (χ1n) is 20.5. The number of piperazine rings is 1. The van der Waals surface area contributed by atoms with Crippen molar-refractivity contribution >= 4 is 45.9 Å². The molecule has 0 aliphatic carbocycles. The van der Waals surface area contributed by atoms with E-state index in [4.69, 9.17) is 4.98 Å². The minimum atomic E-state index is -0.627. The smallest absolute Gasteiger partial charge is 0.272 e. The lowest BCUT2D eigenvalue weighted by atomic mass is 9.97. The lowest BCUT2D eigenvalue weighted by Crippen LogP contribution is -2.49. The highest BCUT2D eigenvalue weighted by molar-refractivity contribution is 6.01. The first kappa shape index (κ1) is 43.6. The number of pyridine rings is 2. The summed E-state index contributed by atoms with van der Waals surface area (Å²) in [6.45, 7) is 6.83. The number of hydrogen-bond donors (Lipinski definition) is 4. The molecule has 3 aromatic carbocycles. The van der Waals surface area contributed by atoms with E-state index < -0.39 is 23.5 Å². The molecule has 63 heavy (non-hydrogen) atoms. The molecule has 15 nitrogen and oxygen atoms in total. The van der Waals surface area contributed by atoms with Gasteiger partial charge in [0.2, 0.25) is 11.8 Å². The van der Waals surface area contributed by atoms with Crippen LogP contribution in [0.4, 0.5) is 15.9 Å². The van der Waals surface area contributed by atoms with E-state index in [1.54, 1.807) is 82.4 Å². The molecule has 0 bridgehead atoms. The fraction of sp³-hybridized carbons (Fsp3) is 0.277. The molecule has 0 spiro atoms. The van der Waals surface area contributed by atoms with Gasteiger partial charge in [0, 0.05) is 106 Å². The number of aromatic amines is 2. The van der Waals surface area contributed by atoms with Crippen molar-refractivity contribution in [3.63, 3.8) is 0 Å². The molecule has 0 unspecified atom stereocenters. The van der Waals surface area contributed by atoms with Crippen molar-refractivity contribution in [2.45, 2.75) is 46.6 Å². The fourth-order valence-electron chi connectivity index (χ4n) is 7.67. The quantitative estimate of drug-likeness (QED) is 0.131. The van der Waals surface area contributed by atoms with E-state index in [0.29, 0.717) is 87.7 Å². The lowest BCUT2D eigenvalue weighted by Gasteiger charge is -2.35. The van der Waals surface area contributed by atoms with E-state index in [9.17, 15) is 28.8 Å². The summed E-state index contributed by atoms with van der Waals surface area (Å²) in [6, 6.07) is 20.5. The minimum absolute atomic E-state index is 0.0116. The Morgan fingerprint density at radius 3 is 2.27 bits per heavy atom. The number of benzene rings is 3. The molecule has 6 aromatic rings. The number of carbonyl (C=O) groups is 4. The van der Waals surface area contributed by atoms with Crippen LogP contribution in [0.1, 0.15) is 67.2 Å². The van der Waals surface area contributed by atoms with Crippen molar-refractivity contribution in [3.8, 4) is 11.1 Å². The number of rotatable bonds is 12. The zero-order valence-electron chi connectivity index (χ0n) is 35.7. The fourth-order valence-corrected chi connectivity index (χ4v) is 7.67. The second-order valence-electron chi connectivity index (χ2n) is 15.9. The molecule has 4 heterocycles. The third kappa shape index (κ3) is 9.85. The van der Waals surface area contributed by atoms with Crippen LogP contribution >= 0.6 is 0 Å². The van der Waals surface area contributed by atoms with Crippen molar-refractivity contribution in [1.82, 2.24) is 35.3 Å². The molecule has 0 atom stereocenters. The number of aryl methyl sites for hydroxylation is 2. The van der Waals surface area contributed by atoms with Gasteiger partial charge >= 0.3 is 0 Å². The molecule has 1 aliphatic heterocycles. The van der Waals surface area contributed by atoms with Gasteiger partial charge in [-0.1, -0.05) is 24.3 Å². The predicted molar refractivity (Wildman–Crippen MR) is 238 cm³/mol. The Morgan fingerprint density at radius 1 is 0.825 bits per heavy atom. The van der Waals surface area contributed by atoms with Gasteiger partial charge in [0.25, 0.3) is 22.9 Å². The normalized spacial score (nSPS) is 12.6. The molecule has 0 saturated carbocycles. The van der Waals surface area contributed by atoms with Gasteiger partial charge < -0.3 is 30.3 Å². The number of aromatic nitrogens is 4. The second kappa shape index (κ2) is 18.6. The van der Waals surface area contributed by atoms with Crippen molar-refractivity contribution in [3.05, 3.63) is 150 Å². The molecule has 4 N–H and O–H groups in total. The Labute approximate surface area is 362 Å². The van der Waals surface area contributed by atoms with Crippen molar-refractivity contribution in [1.29, 1.82) is 0 Å². The molecular weight excluding hydrogens is 806 g/mol. The van der Waals surface area contributed by atoms with Gasteiger partial charge in [-0.15, -0.1) is 0 Å². The summed E-state index contributed by atoms with van der Waals surface area (Å²) in [6.07, 6.45) is 1.91. The van der Waals surface area contributed by atoms with E-state index in [-0.39, 0.29) is 54.0 Å². The number of fused-ring (bicyclic) bond motifs is 1. The number of amides is 4. The number of anilines is 2. The van der Waals surface area contributed by atoms with Crippen molar-refractivity contribution < 1.29 is 23.6 Å². The average Bonchev–Trinajstić information content (AvgIpc) is 3.27. The van der Waals surface area contributed by atoms with Gasteiger partial charge in [-0.05, 0) is 91.6 Å². The van der Waals surface area contributed by atoms with Crippen LogP contribution in [0.15, 0.2) is 88.6 Å². The summed E-state index contributed by atoms with van der Waals surface area (Å²) in [5, 5.41) is 13.7. The van der Waals surface area contributed by atoms with E-state index in [2.05, 4.69) is 25.8 Å². The summed E-state index contributed by atoms with van der Waals surface area (Å²) in [5.41, 5.74) is 4.96. The third-order valence-electron chi connectivity index (χ3n) is 11.3. The van der Waals surface area contributed by atoms with Gasteiger partial charge in [0.15, 0.2) is 0 Å². The highest BCUT2D eigenvalue weighted by Gasteiger charge is 2.26. The van der Waals surface area contributed by atoms with Crippen molar-refractivity contribution in [2.75, 3.05) is 50.5 Å². The minimum Gasteiger partial charge on any atom is -0.353 e. The number of nitrogens with zero attached hydrogens (tertiary/aromatic N) is 5. The zero-order chi connectivity index (χ0) is 44.9. The standard InChI is InChI=1S/C47H48FN9O6/c1-27-20-28(2)51-45(61)37(27)26-50-44(60)35-23-32(24-39(29(35)3)52-42(58)14-15-43(59)55(4)5)31-11-13-41(49-25-31)56-16-18-57(19-17-56)47(63)36-21-30(10-12-38(36)48)22-40-33-8-6-7-9-34(33)46(62)54-53-40/h6-13,20-21,23-25H,14-19,22,26H2,1-5H3,(H,50,60)(H,51,61)(H,52,58)(H,54,62). The summed E-state index contributed by atoms with van der Waals surface area (Å²) in [7, 11) is 3.24. The number of halogens is 1. The summed E-state index contributed by atoms with van der Waals surface area (Å²) >= 11 is 0. The topological polar surface area (TPSA) is 194 Å². The largest absolute Gasteiger partial charge is 0.353 e. The highest BCUT2D eigenvalue weighted by atomic mass is 19.1. The molecule has 1 aliphatic rings. The summed E-state index contributed by atoms with van der Waals surface area (Å²) < 4.78 is 15.2. The van der Waals surface area contributed by atoms with E-state index >= 15 is 4.39 Å². The molecular formula is C47H48FN9O6. The Hall–Kier alpha value is -7.49. The molecule has 7 rings (SSSR count). The maximum Gasteiger partial charge on any atom is 0.272 e. The molecule has 3 aromatic heterocycles. The van der Waals surface area contributed by atoms with Crippen LogP contribution in [0.3, 0.4) is 0 Å². The first-order chi connectivity index (χ1) is 30.2. The van der Waals surface area contributed by atoms with Gasteiger partial charge in [-0.2, -0.15) is 5.10 Å². The molecule has 324 valence electrons. The zero-order valence-corrected chi connectivity index (χ0v) is 35.7. The second-order valence-corrected chi connectivity index (χ2v) is 15.9. The molecule has 4 amide bonds. The monoisotopic (exact) mass is 853 g/mol. The van der Waals surface area contributed by atoms with E-state index in [1.165, 1.54) is 11.0 Å². The maximum atomic E-state index is 15.2. The van der Waals surface area contributed by atoms with Gasteiger partial charge in [-0.3, -0.25) is 28.8 Å². The van der Waals surface area contributed by atoms with Crippen LogP contribution < -0.4 is 26.7 Å². The number of carbonyl (C=O) groups excluding carboxylic acids is 4. The number of nitrogens with one attached hydrogen (secondary N) is 4. The average molecular weight is 854 g/mol. The van der Waals surface area contributed by atoms with Gasteiger partial charge in [-0.25, -0.2) is 14.5 Å². The predicted octanol–water partition coefficient (Wildman–Crippen LogP) is 5.03. The molecule has 16 heteroatoms. The van der Waals surface area contributed by atoms with Crippen LogP contribution in [-0.2, 0) is 22.6 Å². The molecule has 1 fully saturated rings. The van der Waals surface area contributed by atoms with E-state index in [0.717, 1.165) is 5.56 Å². The Kier molecular flexibility index (Phi) is 12.9. The maximum absolute atomic E-state index is 15.2. The Balaban J connectivity index is 1.05. The lowest BCUT2D eigenvalue weighted by molar-refractivity contribution is -0.130. The Morgan fingerprint density at radius 2 is 1.57 bits per heavy atom. The van der Waals surface area contributed by atoms with Gasteiger partial charge in [0.1, 0.15) is 11.6 Å². The third-order valence-corrected chi connectivity index (χ3v) is 11.3. The van der Waals surface area contributed by atoms with Gasteiger partial charge in [0.05, 0.1) is 16.6 Å². The summed E-state index contributed by atoms with van der Waals surface area (Å²) in [5.74, 6) is -1.43. The van der Waals surface area contributed by atoms with Crippen LogP contribution in [0.2, 0.25) is 0 Å². The van der Waals surface area contributed by atoms with Crippen LogP contribution in [0.5, 0.6) is 0 Å². The number of H-pyrrole nitrogens is 2. The first-order valence-corrected chi connectivity index (χ1v) is 20.5. The SMILES string of the molecule is Cc1cc(C)c(CNC(=O)c2cc(-c3ccc(N4CCN(C(=O)c5cc(Cc6n[nH]c(=O)c7ccccc67)ccc5F)CC4)nc3)cc(NC(=O)CCC(=O)N(C)C)c2C)c(=O)[nH]1. The van der Waals surface area contributed by atoms with Crippen molar-refractivity contribution in [2.24, 2.45) is 0 Å². The summed E-state index contributed by atoms with van der Waals surface area (Å²) in [4.78, 5) is 90.1. The Bertz CT molecular complexity index is 2860. The molecule has 1 saturated heterocycles.